The average Bonchev–Trinajstić information content (AvgIpc) is 2.66. The summed E-state index contributed by atoms with van der Waals surface area (Å²) in [4.78, 5) is 6.83. The number of guanidine groups is 1. The van der Waals surface area contributed by atoms with Crippen LogP contribution in [-0.2, 0) is 16.6 Å². The van der Waals surface area contributed by atoms with Gasteiger partial charge in [-0.1, -0.05) is 44.2 Å². The molecule has 1 aliphatic heterocycles. The second kappa shape index (κ2) is 10.9. The zero-order valence-electron chi connectivity index (χ0n) is 16.5. The number of hydrogen-bond acceptors (Lipinski definition) is 4. The lowest BCUT2D eigenvalue weighted by molar-refractivity contribution is 0.381. The van der Waals surface area contributed by atoms with E-state index in [9.17, 15) is 8.42 Å². The number of thioether (sulfide) groups is 1. The van der Waals surface area contributed by atoms with Gasteiger partial charge in [-0.2, -0.15) is 11.8 Å². The van der Waals surface area contributed by atoms with Crippen LogP contribution in [0.2, 0.25) is 0 Å². The fourth-order valence-corrected chi connectivity index (χ4v) is 4.99. The molecule has 1 aliphatic rings. The van der Waals surface area contributed by atoms with Gasteiger partial charge in [0.15, 0.2) is 5.96 Å². The van der Waals surface area contributed by atoms with Gasteiger partial charge in [0.25, 0.3) is 0 Å². The fourth-order valence-electron chi connectivity index (χ4n) is 2.83. The average molecular weight is 413 g/mol. The van der Waals surface area contributed by atoms with Crippen LogP contribution in [0.15, 0.2) is 35.3 Å². The van der Waals surface area contributed by atoms with Crippen LogP contribution in [0.25, 0.3) is 0 Å². The highest BCUT2D eigenvalue weighted by Gasteiger charge is 2.24. The molecular formula is C19H32N4O2S2. The van der Waals surface area contributed by atoms with Crippen LogP contribution in [-0.4, -0.2) is 62.2 Å². The molecule has 2 N–H and O–H groups in total. The van der Waals surface area contributed by atoms with Gasteiger partial charge in [-0.15, -0.1) is 0 Å². The topological polar surface area (TPSA) is 73.8 Å². The number of sulfonamides is 1. The van der Waals surface area contributed by atoms with Gasteiger partial charge in [-0.3, -0.25) is 4.99 Å². The Bertz CT molecular complexity index is 693. The van der Waals surface area contributed by atoms with Crippen molar-refractivity contribution in [3.63, 3.8) is 0 Å². The van der Waals surface area contributed by atoms with Crippen LogP contribution in [0, 0.1) is 5.92 Å². The third-order valence-corrected chi connectivity index (χ3v) is 7.28. The number of rotatable bonds is 8. The van der Waals surface area contributed by atoms with Crippen molar-refractivity contribution in [2.75, 3.05) is 37.7 Å². The maximum absolute atomic E-state index is 12.2. The Hall–Kier alpha value is -1.25. The lowest BCUT2D eigenvalue weighted by atomic mass is 10.1. The van der Waals surface area contributed by atoms with Crippen LogP contribution in [0.1, 0.15) is 26.3 Å². The Morgan fingerprint density at radius 2 is 2.07 bits per heavy atom. The SMILES string of the molecule is CCNC(=NCCS(=O)(=O)NCc1ccccc1)N1CCSC(C(C)C)C1. The van der Waals surface area contributed by atoms with E-state index >= 15 is 0 Å². The van der Waals surface area contributed by atoms with Gasteiger partial charge in [0.1, 0.15) is 0 Å². The number of nitrogens with zero attached hydrogens (tertiary/aromatic N) is 2. The first-order chi connectivity index (χ1) is 12.9. The summed E-state index contributed by atoms with van der Waals surface area (Å²) < 4.78 is 27.1. The van der Waals surface area contributed by atoms with E-state index in [4.69, 9.17) is 0 Å². The fraction of sp³-hybridized carbons (Fsp3) is 0.632. The molecule has 0 spiro atoms. The first-order valence-corrected chi connectivity index (χ1v) is 12.3. The molecule has 1 fully saturated rings. The van der Waals surface area contributed by atoms with Crippen molar-refractivity contribution in [2.24, 2.45) is 10.9 Å². The molecular weight excluding hydrogens is 380 g/mol. The smallest absolute Gasteiger partial charge is 0.213 e. The van der Waals surface area contributed by atoms with E-state index in [-0.39, 0.29) is 12.3 Å². The summed E-state index contributed by atoms with van der Waals surface area (Å²) in [5.41, 5.74) is 0.948. The van der Waals surface area contributed by atoms with Crippen molar-refractivity contribution in [1.29, 1.82) is 0 Å². The molecule has 0 saturated carbocycles. The predicted molar refractivity (Wildman–Crippen MR) is 116 cm³/mol. The molecule has 6 nitrogen and oxygen atoms in total. The monoisotopic (exact) mass is 412 g/mol. The lowest BCUT2D eigenvalue weighted by Gasteiger charge is -2.36. The number of nitrogens with one attached hydrogen (secondary N) is 2. The van der Waals surface area contributed by atoms with Gasteiger partial charge in [-0.25, -0.2) is 13.1 Å². The molecule has 1 unspecified atom stereocenters. The summed E-state index contributed by atoms with van der Waals surface area (Å²) in [5.74, 6) is 2.50. The Kier molecular flexibility index (Phi) is 8.92. The van der Waals surface area contributed by atoms with Crippen LogP contribution in [0.5, 0.6) is 0 Å². The summed E-state index contributed by atoms with van der Waals surface area (Å²) in [5, 5.41) is 3.89. The van der Waals surface area contributed by atoms with Gasteiger partial charge in [0.05, 0.1) is 12.3 Å². The molecule has 152 valence electrons. The van der Waals surface area contributed by atoms with E-state index in [2.05, 4.69) is 33.8 Å². The van der Waals surface area contributed by atoms with E-state index in [0.717, 1.165) is 36.9 Å². The number of hydrogen-bond donors (Lipinski definition) is 2. The van der Waals surface area contributed by atoms with Crippen molar-refractivity contribution in [1.82, 2.24) is 14.9 Å². The van der Waals surface area contributed by atoms with Gasteiger partial charge in [0, 0.05) is 37.2 Å². The molecule has 1 atom stereocenters. The van der Waals surface area contributed by atoms with E-state index in [1.165, 1.54) is 0 Å². The molecule has 1 aromatic rings. The zero-order chi connectivity index (χ0) is 19.7. The molecule has 0 aliphatic carbocycles. The largest absolute Gasteiger partial charge is 0.357 e. The molecule has 0 radical (unpaired) electrons. The first kappa shape index (κ1) is 22.0. The highest BCUT2D eigenvalue weighted by molar-refractivity contribution is 8.00. The predicted octanol–water partition coefficient (Wildman–Crippen LogP) is 2.14. The summed E-state index contributed by atoms with van der Waals surface area (Å²) in [6.07, 6.45) is 0. The van der Waals surface area contributed by atoms with E-state index in [1.807, 2.05) is 49.0 Å². The maximum atomic E-state index is 12.2. The van der Waals surface area contributed by atoms with Crippen molar-refractivity contribution < 1.29 is 8.42 Å². The van der Waals surface area contributed by atoms with Crippen LogP contribution < -0.4 is 10.0 Å². The number of aliphatic imine (C=N–C) groups is 1. The second-order valence-corrected chi connectivity index (χ2v) is 10.2. The van der Waals surface area contributed by atoms with E-state index in [1.54, 1.807) is 0 Å². The highest BCUT2D eigenvalue weighted by Crippen LogP contribution is 2.24. The Labute approximate surface area is 168 Å². The Balaban J connectivity index is 1.89. The minimum Gasteiger partial charge on any atom is -0.357 e. The van der Waals surface area contributed by atoms with Crippen LogP contribution in [0.3, 0.4) is 0 Å². The summed E-state index contributed by atoms with van der Waals surface area (Å²) in [6, 6.07) is 9.53. The standard InChI is InChI=1S/C19H32N4O2S2/c1-4-20-19(23-11-12-26-18(15-23)16(2)3)21-10-13-27(24,25)22-14-17-8-6-5-7-9-17/h5-9,16,18,22H,4,10-15H2,1-3H3,(H,20,21). The van der Waals surface area contributed by atoms with Crippen LogP contribution >= 0.6 is 11.8 Å². The summed E-state index contributed by atoms with van der Waals surface area (Å²) in [7, 11) is -3.35. The highest BCUT2D eigenvalue weighted by atomic mass is 32.2. The molecule has 0 bridgehead atoms. The molecule has 0 aromatic heterocycles. The van der Waals surface area contributed by atoms with E-state index in [0.29, 0.717) is 17.7 Å². The van der Waals surface area contributed by atoms with Gasteiger partial charge in [-0.05, 0) is 18.4 Å². The third kappa shape index (κ3) is 7.71. The van der Waals surface area contributed by atoms with Crippen molar-refractivity contribution in [3.8, 4) is 0 Å². The van der Waals surface area contributed by atoms with Crippen molar-refractivity contribution in [3.05, 3.63) is 35.9 Å². The molecule has 2 rings (SSSR count). The van der Waals surface area contributed by atoms with Gasteiger partial charge < -0.3 is 10.2 Å². The molecule has 1 heterocycles. The molecule has 1 aromatic carbocycles. The molecule has 27 heavy (non-hydrogen) atoms. The molecule has 0 amide bonds. The van der Waals surface area contributed by atoms with Gasteiger partial charge in [0.2, 0.25) is 10.0 Å². The van der Waals surface area contributed by atoms with Crippen molar-refractivity contribution >= 4 is 27.7 Å². The number of benzene rings is 1. The van der Waals surface area contributed by atoms with E-state index < -0.39 is 10.0 Å². The minimum atomic E-state index is -3.35. The summed E-state index contributed by atoms with van der Waals surface area (Å²) in [6.45, 7) is 9.76. The maximum Gasteiger partial charge on any atom is 0.213 e. The minimum absolute atomic E-state index is 0.00900. The van der Waals surface area contributed by atoms with Gasteiger partial charge >= 0.3 is 0 Å². The first-order valence-electron chi connectivity index (χ1n) is 9.57. The Morgan fingerprint density at radius 1 is 1.33 bits per heavy atom. The second-order valence-electron chi connectivity index (χ2n) is 6.96. The molecule has 8 heteroatoms. The zero-order valence-corrected chi connectivity index (χ0v) is 18.2. The van der Waals surface area contributed by atoms with Crippen LogP contribution in [0.4, 0.5) is 0 Å². The Morgan fingerprint density at radius 3 is 2.74 bits per heavy atom. The van der Waals surface area contributed by atoms with Crippen molar-refractivity contribution in [2.45, 2.75) is 32.6 Å². The quantitative estimate of drug-likeness (QED) is 0.506. The normalized spacial score (nSPS) is 18.7. The lowest BCUT2D eigenvalue weighted by Crippen LogP contribution is -2.49. The third-order valence-electron chi connectivity index (χ3n) is 4.43. The molecule has 1 saturated heterocycles. The summed E-state index contributed by atoms with van der Waals surface area (Å²) >= 11 is 2.01.